The van der Waals surface area contributed by atoms with Gasteiger partial charge in [0.15, 0.2) is 0 Å². The number of hydrogen-bond acceptors (Lipinski definition) is 2. The van der Waals surface area contributed by atoms with Gasteiger partial charge < -0.3 is 10.0 Å². The Balaban J connectivity index is 1.82. The van der Waals surface area contributed by atoms with Crippen LogP contribution in [0.1, 0.15) is 24.3 Å². The minimum absolute atomic E-state index is 0.302. The average Bonchev–Trinajstić information content (AvgIpc) is 3.23. The van der Waals surface area contributed by atoms with E-state index in [1.54, 1.807) is 12.1 Å². The zero-order valence-electron chi connectivity index (χ0n) is 10.5. The zero-order chi connectivity index (χ0) is 12.5. The Morgan fingerprint density at radius 3 is 1.89 bits per heavy atom. The molecular formula is C16H17NO. The van der Waals surface area contributed by atoms with Gasteiger partial charge in [-0.2, -0.15) is 0 Å². The number of phenolic OH excluding ortho intramolecular Hbond substituents is 1. The summed E-state index contributed by atoms with van der Waals surface area (Å²) in [7, 11) is 2.04. The summed E-state index contributed by atoms with van der Waals surface area (Å²) in [5.41, 5.74) is 3.70. The van der Waals surface area contributed by atoms with Crippen molar-refractivity contribution in [2.75, 3.05) is 11.9 Å². The fraction of sp³-hybridized carbons (Fsp3) is 0.250. The van der Waals surface area contributed by atoms with Gasteiger partial charge >= 0.3 is 0 Å². The molecule has 2 heteroatoms. The highest BCUT2D eigenvalue weighted by Gasteiger charge is 2.23. The molecule has 92 valence electrons. The molecule has 0 amide bonds. The first kappa shape index (κ1) is 11.1. The first-order valence-corrected chi connectivity index (χ1v) is 6.37. The van der Waals surface area contributed by atoms with Crippen molar-refractivity contribution in [3.8, 4) is 5.75 Å². The summed E-state index contributed by atoms with van der Waals surface area (Å²) in [5.74, 6) is 1.11. The van der Waals surface area contributed by atoms with E-state index in [0.717, 1.165) is 11.6 Å². The maximum absolute atomic E-state index is 9.29. The maximum atomic E-state index is 9.29. The summed E-state index contributed by atoms with van der Waals surface area (Å²) in [5, 5.41) is 9.29. The summed E-state index contributed by atoms with van der Waals surface area (Å²) in [6.45, 7) is 0. The van der Waals surface area contributed by atoms with Crippen molar-refractivity contribution in [3.63, 3.8) is 0 Å². The van der Waals surface area contributed by atoms with Gasteiger partial charge in [0.25, 0.3) is 0 Å². The Morgan fingerprint density at radius 2 is 1.39 bits per heavy atom. The first-order chi connectivity index (χ1) is 8.74. The van der Waals surface area contributed by atoms with Crippen molar-refractivity contribution in [2.45, 2.75) is 18.8 Å². The van der Waals surface area contributed by atoms with Gasteiger partial charge in [0.05, 0.1) is 0 Å². The van der Waals surface area contributed by atoms with Crippen LogP contribution in [0.4, 0.5) is 11.4 Å². The van der Waals surface area contributed by atoms with Crippen molar-refractivity contribution >= 4 is 11.4 Å². The Kier molecular flexibility index (Phi) is 2.71. The van der Waals surface area contributed by atoms with Crippen LogP contribution < -0.4 is 4.90 Å². The quantitative estimate of drug-likeness (QED) is 0.873. The van der Waals surface area contributed by atoms with Crippen LogP contribution in [-0.4, -0.2) is 12.2 Å². The summed E-state index contributed by atoms with van der Waals surface area (Å²) in [4.78, 5) is 2.12. The minimum Gasteiger partial charge on any atom is -0.508 e. The van der Waals surface area contributed by atoms with Crippen molar-refractivity contribution in [2.24, 2.45) is 0 Å². The number of phenols is 1. The molecule has 1 saturated carbocycles. The lowest BCUT2D eigenvalue weighted by atomic mass is 10.1. The van der Waals surface area contributed by atoms with E-state index in [1.807, 2.05) is 19.2 Å². The second kappa shape index (κ2) is 4.37. The second-order valence-electron chi connectivity index (χ2n) is 4.94. The van der Waals surface area contributed by atoms with E-state index < -0.39 is 0 Å². The number of benzene rings is 2. The lowest BCUT2D eigenvalue weighted by molar-refractivity contribution is 0.475. The van der Waals surface area contributed by atoms with Gasteiger partial charge in [-0.25, -0.2) is 0 Å². The van der Waals surface area contributed by atoms with Crippen LogP contribution in [0.5, 0.6) is 5.75 Å². The molecule has 2 nitrogen and oxygen atoms in total. The van der Waals surface area contributed by atoms with E-state index in [4.69, 9.17) is 0 Å². The van der Waals surface area contributed by atoms with Gasteiger partial charge in [-0.3, -0.25) is 0 Å². The van der Waals surface area contributed by atoms with Crippen LogP contribution in [0.3, 0.4) is 0 Å². The molecule has 0 bridgehead atoms. The molecule has 0 aliphatic heterocycles. The topological polar surface area (TPSA) is 23.5 Å². The molecule has 2 aromatic rings. The smallest absolute Gasteiger partial charge is 0.115 e. The Morgan fingerprint density at radius 1 is 0.889 bits per heavy atom. The molecule has 3 rings (SSSR count). The molecule has 1 aliphatic rings. The number of nitrogens with zero attached hydrogens (tertiary/aromatic N) is 1. The van der Waals surface area contributed by atoms with Gasteiger partial charge in [-0.1, -0.05) is 12.1 Å². The number of aromatic hydroxyl groups is 1. The molecular weight excluding hydrogens is 222 g/mol. The lowest BCUT2D eigenvalue weighted by Gasteiger charge is -2.19. The Labute approximate surface area is 107 Å². The van der Waals surface area contributed by atoms with E-state index in [1.165, 1.54) is 24.1 Å². The van der Waals surface area contributed by atoms with E-state index in [2.05, 4.69) is 29.2 Å². The number of hydrogen-bond donors (Lipinski definition) is 1. The van der Waals surface area contributed by atoms with Crippen molar-refractivity contribution in [3.05, 3.63) is 54.1 Å². The Bertz CT molecular complexity index is 526. The van der Waals surface area contributed by atoms with Gasteiger partial charge in [0.1, 0.15) is 5.75 Å². The van der Waals surface area contributed by atoms with Crippen molar-refractivity contribution in [1.82, 2.24) is 0 Å². The molecule has 0 radical (unpaired) electrons. The van der Waals surface area contributed by atoms with Gasteiger partial charge in [-0.05, 0) is 60.7 Å². The zero-order valence-corrected chi connectivity index (χ0v) is 10.5. The van der Waals surface area contributed by atoms with Crippen molar-refractivity contribution < 1.29 is 5.11 Å². The lowest BCUT2D eigenvalue weighted by Crippen LogP contribution is -2.08. The van der Waals surface area contributed by atoms with Crippen LogP contribution >= 0.6 is 0 Å². The fourth-order valence-corrected chi connectivity index (χ4v) is 2.21. The molecule has 0 atom stereocenters. The molecule has 0 saturated heterocycles. The summed E-state index contributed by atoms with van der Waals surface area (Å²) in [6, 6.07) is 16.1. The van der Waals surface area contributed by atoms with Crippen LogP contribution in [0.2, 0.25) is 0 Å². The predicted molar refractivity (Wildman–Crippen MR) is 74.6 cm³/mol. The number of anilines is 2. The molecule has 1 aliphatic carbocycles. The second-order valence-corrected chi connectivity index (χ2v) is 4.94. The molecule has 2 aromatic carbocycles. The average molecular weight is 239 g/mol. The third-order valence-corrected chi connectivity index (χ3v) is 3.57. The molecule has 1 fully saturated rings. The van der Waals surface area contributed by atoms with Gasteiger partial charge in [-0.15, -0.1) is 0 Å². The van der Waals surface area contributed by atoms with Crippen LogP contribution in [0.25, 0.3) is 0 Å². The summed E-state index contributed by atoms with van der Waals surface area (Å²) in [6.07, 6.45) is 2.68. The third kappa shape index (κ3) is 2.19. The standard InChI is InChI=1S/C16H17NO/c1-17(15-8-10-16(18)11-9-15)14-6-4-13(5-7-14)12-2-3-12/h4-12,18H,2-3H2,1H3. The molecule has 1 N–H and O–H groups in total. The highest BCUT2D eigenvalue weighted by Crippen LogP contribution is 2.40. The van der Waals surface area contributed by atoms with Crippen molar-refractivity contribution in [1.29, 1.82) is 0 Å². The van der Waals surface area contributed by atoms with E-state index in [-0.39, 0.29) is 0 Å². The van der Waals surface area contributed by atoms with Crippen LogP contribution in [-0.2, 0) is 0 Å². The van der Waals surface area contributed by atoms with Crippen LogP contribution in [0.15, 0.2) is 48.5 Å². The van der Waals surface area contributed by atoms with E-state index in [9.17, 15) is 5.11 Å². The summed E-state index contributed by atoms with van der Waals surface area (Å²) < 4.78 is 0. The normalized spacial score (nSPS) is 14.5. The SMILES string of the molecule is CN(c1ccc(O)cc1)c1ccc(C2CC2)cc1. The minimum atomic E-state index is 0.302. The van der Waals surface area contributed by atoms with Crippen LogP contribution in [0, 0.1) is 0 Å². The third-order valence-electron chi connectivity index (χ3n) is 3.57. The first-order valence-electron chi connectivity index (χ1n) is 6.37. The highest BCUT2D eigenvalue weighted by molar-refractivity contribution is 5.63. The van der Waals surface area contributed by atoms with E-state index >= 15 is 0 Å². The largest absolute Gasteiger partial charge is 0.508 e. The maximum Gasteiger partial charge on any atom is 0.115 e. The molecule has 0 spiro atoms. The van der Waals surface area contributed by atoms with Gasteiger partial charge in [0, 0.05) is 18.4 Å². The highest BCUT2D eigenvalue weighted by atomic mass is 16.3. The summed E-state index contributed by atoms with van der Waals surface area (Å²) >= 11 is 0. The predicted octanol–water partition coefficient (Wildman–Crippen LogP) is 4.04. The molecule has 0 heterocycles. The Hall–Kier alpha value is -1.96. The number of rotatable bonds is 3. The monoisotopic (exact) mass is 239 g/mol. The molecule has 18 heavy (non-hydrogen) atoms. The molecule has 0 unspecified atom stereocenters. The van der Waals surface area contributed by atoms with E-state index in [0.29, 0.717) is 5.75 Å². The molecule has 0 aromatic heterocycles. The van der Waals surface area contributed by atoms with Gasteiger partial charge in [0.2, 0.25) is 0 Å². The fourth-order valence-electron chi connectivity index (χ4n) is 2.21.